The van der Waals surface area contributed by atoms with E-state index in [4.69, 9.17) is 4.74 Å². The first-order chi connectivity index (χ1) is 17.6. The summed E-state index contributed by atoms with van der Waals surface area (Å²) in [6.07, 6.45) is 0.00328. The number of amides is 1. The lowest BCUT2D eigenvalue weighted by molar-refractivity contribution is -0.141. The van der Waals surface area contributed by atoms with Gasteiger partial charge in [0, 0.05) is 12.3 Å². The van der Waals surface area contributed by atoms with Crippen LogP contribution in [0.5, 0.6) is 5.75 Å². The number of carbonyl (C=O) groups is 2. The number of sulfone groups is 1. The molecule has 1 aromatic heterocycles. The van der Waals surface area contributed by atoms with Gasteiger partial charge in [-0.25, -0.2) is 13.4 Å². The molecule has 11 heteroatoms. The van der Waals surface area contributed by atoms with E-state index < -0.39 is 33.4 Å². The van der Waals surface area contributed by atoms with Crippen LogP contribution in [0.4, 0.5) is 0 Å². The molecule has 1 atom stereocenters. The van der Waals surface area contributed by atoms with Gasteiger partial charge in [-0.3, -0.25) is 9.59 Å². The second-order valence-electron chi connectivity index (χ2n) is 8.35. The van der Waals surface area contributed by atoms with Crippen molar-refractivity contribution < 1.29 is 27.9 Å². The standard InChI is InChI=1S/C26H29BrN2O6S2/c1-3-37(33,34)17-21(30)23-25(27)36-22(28-23)16-29(15-7-10-18-8-5-4-6-9-18)26(32)24(31)19-11-13-20(35-2)14-12-19/h4-6,8-9,11-14,24,31H,3,7,10,15-17H2,1-2H3/t24-/m1/s1. The van der Waals surface area contributed by atoms with Crippen molar-refractivity contribution in [2.24, 2.45) is 0 Å². The SMILES string of the molecule is CCS(=O)(=O)CC(=O)c1nc(CN(CCCc2ccccc2)C(=O)[C@H](O)c2ccc(OC)cc2)sc1Br. The predicted molar refractivity (Wildman–Crippen MR) is 147 cm³/mol. The normalized spacial score (nSPS) is 12.2. The molecule has 0 fully saturated rings. The summed E-state index contributed by atoms with van der Waals surface area (Å²) in [5.41, 5.74) is 1.59. The maximum absolute atomic E-state index is 13.4. The zero-order valence-corrected chi connectivity index (χ0v) is 23.8. The number of hydrogen-bond donors (Lipinski definition) is 1. The number of ketones is 1. The number of Topliss-reactive ketones (excluding diaryl/α,β-unsaturated/α-hetero) is 1. The molecule has 0 radical (unpaired) electrons. The number of aromatic nitrogens is 1. The molecule has 3 rings (SSSR count). The van der Waals surface area contributed by atoms with E-state index in [1.165, 1.54) is 18.9 Å². The van der Waals surface area contributed by atoms with E-state index in [1.54, 1.807) is 24.3 Å². The Kier molecular flexibility index (Phi) is 10.4. The third-order valence-corrected chi connectivity index (χ3v) is 9.00. The molecule has 0 spiro atoms. The average molecular weight is 610 g/mol. The first kappa shape index (κ1) is 29.0. The summed E-state index contributed by atoms with van der Waals surface area (Å²) in [6, 6.07) is 16.5. The quantitative estimate of drug-likeness (QED) is 0.289. The van der Waals surface area contributed by atoms with Crippen molar-refractivity contribution in [2.75, 3.05) is 25.2 Å². The van der Waals surface area contributed by atoms with Crippen molar-refractivity contribution in [3.63, 3.8) is 0 Å². The number of nitrogens with zero attached hydrogens (tertiary/aromatic N) is 2. The number of benzene rings is 2. The summed E-state index contributed by atoms with van der Waals surface area (Å²) in [7, 11) is -1.97. The number of halogens is 1. The minimum absolute atomic E-state index is 0.0319. The largest absolute Gasteiger partial charge is 0.497 e. The van der Waals surface area contributed by atoms with E-state index in [1.807, 2.05) is 30.3 Å². The molecule has 1 N–H and O–H groups in total. The van der Waals surface area contributed by atoms with Gasteiger partial charge < -0.3 is 14.7 Å². The zero-order chi connectivity index (χ0) is 27.0. The van der Waals surface area contributed by atoms with Gasteiger partial charge >= 0.3 is 0 Å². The zero-order valence-electron chi connectivity index (χ0n) is 20.6. The summed E-state index contributed by atoms with van der Waals surface area (Å²) in [5.74, 6) is -1.25. The topological polar surface area (TPSA) is 114 Å². The number of thiazole rings is 1. The van der Waals surface area contributed by atoms with Crippen LogP contribution in [0.2, 0.25) is 0 Å². The fourth-order valence-electron chi connectivity index (χ4n) is 3.60. The number of aryl methyl sites for hydroxylation is 1. The van der Waals surface area contributed by atoms with Crippen LogP contribution in [0, 0.1) is 0 Å². The number of hydrogen-bond acceptors (Lipinski definition) is 8. The van der Waals surface area contributed by atoms with E-state index in [2.05, 4.69) is 20.9 Å². The molecule has 1 heterocycles. The van der Waals surface area contributed by atoms with E-state index in [-0.39, 0.29) is 18.0 Å². The molecule has 0 unspecified atom stereocenters. The molecule has 2 aromatic carbocycles. The van der Waals surface area contributed by atoms with Crippen LogP contribution in [0.3, 0.4) is 0 Å². The highest BCUT2D eigenvalue weighted by Crippen LogP contribution is 2.28. The van der Waals surface area contributed by atoms with E-state index in [9.17, 15) is 23.1 Å². The third kappa shape index (κ3) is 8.19. The smallest absolute Gasteiger partial charge is 0.256 e. The Balaban J connectivity index is 1.79. The monoisotopic (exact) mass is 608 g/mol. The highest BCUT2D eigenvalue weighted by molar-refractivity contribution is 9.11. The van der Waals surface area contributed by atoms with Gasteiger partial charge in [-0.2, -0.15) is 0 Å². The van der Waals surface area contributed by atoms with Crippen molar-refractivity contribution in [3.8, 4) is 5.75 Å². The van der Waals surface area contributed by atoms with Crippen LogP contribution in [0.25, 0.3) is 0 Å². The summed E-state index contributed by atoms with van der Waals surface area (Å²) in [5, 5.41) is 11.3. The van der Waals surface area contributed by atoms with Gasteiger partial charge in [-0.05, 0) is 52.0 Å². The summed E-state index contributed by atoms with van der Waals surface area (Å²) in [4.78, 5) is 31.8. The summed E-state index contributed by atoms with van der Waals surface area (Å²) < 4.78 is 29.4. The summed E-state index contributed by atoms with van der Waals surface area (Å²) >= 11 is 4.47. The third-order valence-electron chi connectivity index (χ3n) is 5.72. The van der Waals surface area contributed by atoms with Crippen LogP contribution >= 0.6 is 27.3 Å². The van der Waals surface area contributed by atoms with Gasteiger partial charge in [0.05, 0.1) is 13.7 Å². The minimum Gasteiger partial charge on any atom is -0.497 e. The number of rotatable bonds is 13. The predicted octanol–water partition coefficient (Wildman–Crippen LogP) is 4.23. The van der Waals surface area contributed by atoms with Crippen LogP contribution in [0.1, 0.15) is 46.1 Å². The summed E-state index contributed by atoms with van der Waals surface area (Å²) in [6.45, 7) is 1.90. The number of ether oxygens (including phenoxy) is 1. The van der Waals surface area contributed by atoms with Crippen LogP contribution in [-0.4, -0.2) is 60.3 Å². The van der Waals surface area contributed by atoms with Crippen molar-refractivity contribution in [2.45, 2.75) is 32.4 Å². The van der Waals surface area contributed by atoms with E-state index in [0.717, 1.165) is 23.3 Å². The van der Waals surface area contributed by atoms with Crippen LogP contribution < -0.4 is 4.74 Å². The Morgan fingerprint density at radius 3 is 2.43 bits per heavy atom. The minimum atomic E-state index is -3.51. The number of aliphatic hydroxyl groups is 1. The molecule has 37 heavy (non-hydrogen) atoms. The molecule has 0 saturated carbocycles. The van der Waals surface area contributed by atoms with E-state index in [0.29, 0.717) is 33.1 Å². The second-order valence-corrected chi connectivity index (χ2v) is 13.1. The van der Waals surface area contributed by atoms with Crippen LogP contribution in [0.15, 0.2) is 58.4 Å². The van der Waals surface area contributed by atoms with Crippen molar-refractivity contribution in [1.29, 1.82) is 0 Å². The highest BCUT2D eigenvalue weighted by Gasteiger charge is 2.27. The van der Waals surface area contributed by atoms with Gasteiger partial charge in [-0.15, -0.1) is 11.3 Å². The lowest BCUT2D eigenvalue weighted by atomic mass is 10.1. The van der Waals surface area contributed by atoms with Gasteiger partial charge in [0.1, 0.15) is 26.0 Å². The molecule has 8 nitrogen and oxygen atoms in total. The number of methoxy groups -OCH3 is 1. The molecular weight excluding hydrogens is 580 g/mol. The van der Waals surface area contributed by atoms with Crippen LogP contribution in [-0.2, 0) is 27.6 Å². The molecule has 0 aliphatic carbocycles. The first-order valence-electron chi connectivity index (χ1n) is 11.7. The van der Waals surface area contributed by atoms with Gasteiger partial charge in [0.15, 0.2) is 21.7 Å². The Hall–Kier alpha value is -2.60. The molecule has 0 aliphatic heterocycles. The number of carbonyl (C=O) groups excluding carboxylic acids is 2. The van der Waals surface area contributed by atoms with Gasteiger partial charge in [0.25, 0.3) is 5.91 Å². The molecule has 0 bridgehead atoms. The first-order valence-corrected chi connectivity index (χ1v) is 15.1. The van der Waals surface area contributed by atoms with Crippen molar-refractivity contribution in [3.05, 3.63) is 80.2 Å². The van der Waals surface area contributed by atoms with E-state index >= 15 is 0 Å². The Morgan fingerprint density at radius 1 is 1.14 bits per heavy atom. The molecular formula is C26H29BrN2O6S2. The maximum atomic E-state index is 13.4. The highest BCUT2D eigenvalue weighted by atomic mass is 79.9. The Morgan fingerprint density at radius 2 is 1.81 bits per heavy atom. The Labute approximate surface area is 229 Å². The lowest BCUT2D eigenvalue weighted by Crippen LogP contribution is -2.35. The maximum Gasteiger partial charge on any atom is 0.256 e. The van der Waals surface area contributed by atoms with Crippen molar-refractivity contribution >= 4 is 48.8 Å². The lowest BCUT2D eigenvalue weighted by Gasteiger charge is -2.25. The number of aliphatic hydroxyl groups excluding tert-OH is 1. The fourth-order valence-corrected chi connectivity index (χ4v) is 6.03. The Bertz CT molecular complexity index is 1310. The molecule has 3 aromatic rings. The fraction of sp³-hybridized carbons (Fsp3) is 0.346. The molecule has 0 aliphatic rings. The molecule has 0 saturated heterocycles. The molecule has 1 amide bonds. The second kappa shape index (κ2) is 13.3. The van der Waals surface area contributed by atoms with Crippen molar-refractivity contribution in [1.82, 2.24) is 9.88 Å². The van der Waals surface area contributed by atoms with Gasteiger partial charge in [0.2, 0.25) is 0 Å². The molecule has 198 valence electrons. The average Bonchev–Trinajstić information content (AvgIpc) is 3.27. The van der Waals surface area contributed by atoms with Gasteiger partial charge in [-0.1, -0.05) is 49.4 Å².